The van der Waals surface area contributed by atoms with Crippen LogP contribution in [0.4, 0.5) is 17.3 Å². The number of hydrogen-bond acceptors (Lipinski definition) is 5. The zero-order chi connectivity index (χ0) is 13.3. The van der Waals surface area contributed by atoms with Crippen molar-refractivity contribution in [2.24, 2.45) is 7.05 Å². The van der Waals surface area contributed by atoms with Gasteiger partial charge in [0.1, 0.15) is 0 Å². The van der Waals surface area contributed by atoms with Gasteiger partial charge in [-0.1, -0.05) is 6.07 Å². The molecule has 0 unspecified atom stereocenters. The van der Waals surface area contributed by atoms with Gasteiger partial charge < -0.3 is 11.1 Å². The molecule has 2 aromatic rings. The van der Waals surface area contributed by atoms with E-state index in [9.17, 15) is 4.79 Å². The average molecular weight is 245 g/mol. The van der Waals surface area contributed by atoms with Crippen LogP contribution in [0.1, 0.15) is 11.1 Å². The number of nitrogens with zero attached hydrogens (tertiary/aromatic N) is 3. The van der Waals surface area contributed by atoms with Crippen molar-refractivity contribution >= 4 is 17.3 Å². The second kappa shape index (κ2) is 4.48. The minimum Gasteiger partial charge on any atom is -0.380 e. The van der Waals surface area contributed by atoms with Gasteiger partial charge in [0, 0.05) is 12.7 Å². The van der Waals surface area contributed by atoms with E-state index in [4.69, 9.17) is 5.73 Å². The lowest BCUT2D eigenvalue weighted by Crippen LogP contribution is -2.25. The Hall–Kier alpha value is -2.37. The molecule has 18 heavy (non-hydrogen) atoms. The van der Waals surface area contributed by atoms with Gasteiger partial charge in [-0.3, -0.25) is 0 Å². The monoisotopic (exact) mass is 245 g/mol. The molecule has 0 saturated heterocycles. The molecule has 0 radical (unpaired) electrons. The molecule has 0 atom stereocenters. The first-order valence-electron chi connectivity index (χ1n) is 5.52. The lowest BCUT2D eigenvalue weighted by Gasteiger charge is -2.09. The topological polar surface area (TPSA) is 85.8 Å². The fraction of sp³-hybridized carbons (Fsp3) is 0.250. The molecular weight excluding hydrogens is 230 g/mol. The summed E-state index contributed by atoms with van der Waals surface area (Å²) >= 11 is 0. The highest BCUT2D eigenvalue weighted by molar-refractivity contribution is 5.65. The van der Waals surface area contributed by atoms with E-state index in [2.05, 4.69) is 15.4 Å². The van der Waals surface area contributed by atoms with Crippen LogP contribution >= 0.6 is 0 Å². The molecule has 0 aliphatic carbocycles. The predicted octanol–water partition coefficient (Wildman–Crippen LogP) is 1.12. The van der Waals surface area contributed by atoms with E-state index >= 15 is 0 Å². The van der Waals surface area contributed by atoms with Crippen molar-refractivity contribution < 1.29 is 0 Å². The molecule has 0 saturated carbocycles. The van der Waals surface area contributed by atoms with Gasteiger partial charge in [0.25, 0.3) is 0 Å². The molecule has 1 aromatic carbocycles. The zero-order valence-electron chi connectivity index (χ0n) is 10.6. The summed E-state index contributed by atoms with van der Waals surface area (Å²) < 4.78 is 1.14. The molecule has 0 aliphatic rings. The van der Waals surface area contributed by atoms with Crippen LogP contribution in [0.2, 0.25) is 0 Å². The second-order valence-electron chi connectivity index (χ2n) is 4.18. The van der Waals surface area contributed by atoms with Crippen molar-refractivity contribution in [2.75, 3.05) is 11.1 Å². The Morgan fingerprint density at radius 3 is 2.67 bits per heavy atom. The molecule has 0 bridgehead atoms. The predicted molar refractivity (Wildman–Crippen MR) is 70.9 cm³/mol. The van der Waals surface area contributed by atoms with Crippen molar-refractivity contribution in [3.63, 3.8) is 0 Å². The summed E-state index contributed by atoms with van der Waals surface area (Å²) in [5.74, 6) is 0.469. The average Bonchev–Trinajstić information content (AvgIpc) is 2.31. The number of nitrogens with one attached hydrogen (secondary N) is 1. The number of benzene rings is 1. The van der Waals surface area contributed by atoms with Crippen LogP contribution in [0.5, 0.6) is 0 Å². The van der Waals surface area contributed by atoms with E-state index < -0.39 is 5.69 Å². The van der Waals surface area contributed by atoms with Crippen LogP contribution in [0.3, 0.4) is 0 Å². The Morgan fingerprint density at radius 1 is 1.28 bits per heavy atom. The van der Waals surface area contributed by atoms with Crippen LogP contribution in [0, 0.1) is 13.8 Å². The van der Waals surface area contributed by atoms with E-state index in [1.807, 2.05) is 32.0 Å². The fourth-order valence-electron chi connectivity index (χ4n) is 1.52. The SMILES string of the molecule is Cc1ccc(Nc2nn(C)c(=O)nc2N)cc1C. The first kappa shape index (κ1) is 12.1. The number of aryl methyl sites for hydroxylation is 3. The van der Waals surface area contributed by atoms with Gasteiger partial charge in [0.2, 0.25) is 0 Å². The fourth-order valence-corrected chi connectivity index (χ4v) is 1.52. The third kappa shape index (κ3) is 2.32. The minimum atomic E-state index is -0.474. The maximum atomic E-state index is 11.2. The van der Waals surface area contributed by atoms with Crippen molar-refractivity contribution in [1.82, 2.24) is 14.8 Å². The molecular formula is C12H15N5O. The van der Waals surface area contributed by atoms with Gasteiger partial charge in [-0.2, -0.15) is 4.98 Å². The maximum Gasteiger partial charge on any atom is 0.365 e. The molecule has 1 aromatic heterocycles. The van der Waals surface area contributed by atoms with Gasteiger partial charge in [-0.15, -0.1) is 5.10 Å². The van der Waals surface area contributed by atoms with Gasteiger partial charge in [-0.05, 0) is 37.1 Å². The minimum absolute atomic E-state index is 0.0938. The van der Waals surface area contributed by atoms with Gasteiger partial charge in [0.05, 0.1) is 0 Å². The lowest BCUT2D eigenvalue weighted by atomic mass is 10.1. The Bertz CT molecular complexity index is 647. The highest BCUT2D eigenvalue weighted by Gasteiger charge is 2.06. The molecule has 6 nitrogen and oxygen atoms in total. The van der Waals surface area contributed by atoms with Gasteiger partial charge in [-0.25, -0.2) is 9.48 Å². The molecule has 2 rings (SSSR count). The highest BCUT2D eigenvalue weighted by Crippen LogP contribution is 2.19. The van der Waals surface area contributed by atoms with Crippen molar-refractivity contribution in [3.8, 4) is 0 Å². The van der Waals surface area contributed by atoms with E-state index in [1.54, 1.807) is 0 Å². The summed E-state index contributed by atoms with van der Waals surface area (Å²) in [4.78, 5) is 14.9. The van der Waals surface area contributed by atoms with Gasteiger partial charge in [0.15, 0.2) is 11.6 Å². The summed E-state index contributed by atoms with van der Waals surface area (Å²) in [7, 11) is 1.53. The zero-order valence-corrected chi connectivity index (χ0v) is 10.6. The van der Waals surface area contributed by atoms with E-state index in [0.717, 1.165) is 15.9 Å². The Labute approximate surface area is 104 Å². The third-order valence-electron chi connectivity index (χ3n) is 2.76. The smallest absolute Gasteiger partial charge is 0.365 e. The number of anilines is 3. The molecule has 0 fully saturated rings. The summed E-state index contributed by atoms with van der Waals surface area (Å²) in [6.45, 7) is 4.07. The van der Waals surface area contributed by atoms with E-state index in [1.165, 1.54) is 12.6 Å². The number of hydrogen-bond donors (Lipinski definition) is 2. The highest BCUT2D eigenvalue weighted by atomic mass is 16.1. The van der Waals surface area contributed by atoms with Crippen LogP contribution in [0.25, 0.3) is 0 Å². The molecule has 94 valence electrons. The quantitative estimate of drug-likeness (QED) is 0.828. The third-order valence-corrected chi connectivity index (χ3v) is 2.76. The summed E-state index contributed by atoms with van der Waals surface area (Å²) in [5.41, 5.74) is 8.41. The Balaban J connectivity index is 2.36. The van der Waals surface area contributed by atoms with Crippen molar-refractivity contribution in [1.29, 1.82) is 0 Å². The van der Waals surface area contributed by atoms with Crippen LogP contribution in [-0.4, -0.2) is 14.8 Å². The summed E-state index contributed by atoms with van der Waals surface area (Å²) in [6.07, 6.45) is 0. The van der Waals surface area contributed by atoms with Crippen LogP contribution < -0.4 is 16.7 Å². The van der Waals surface area contributed by atoms with E-state index in [-0.39, 0.29) is 5.82 Å². The normalized spacial score (nSPS) is 10.4. The Kier molecular flexibility index (Phi) is 3.01. The maximum absolute atomic E-state index is 11.2. The lowest BCUT2D eigenvalue weighted by molar-refractivity contribution is 0.683. The first-order chi connectivity index (χ1) is 8.47. The summed E-state index contributed by atoms with van der Waals surface area (Å²) in [6, 6.07) is 5.92. The van der Waals surface area contributed by atoms with Crippen LogP contribution in [-0.2, 0) is 7.05 Å². The first-order valence-corrected chi connectivity index (χ1v) is 5.52. The standard InChI is InChI=1S/C12H15N5O/c1-7-4-5-9(6-8(7)2)14-11-10(13)15-12(18)17(3)16-11/h4-6H,1-3H3,(H,14,16)(H2,13,15,18). The van der Waals surface area contributed by atoms with E-state index in [0.29, 0.717) is 5.82 Å². The largest absolute Gasteiger partial charge is 0.380 e. The van der Waals surface area contributed by atoms with Crippen LogP contribution in [0.15, 0.2) is 23.0 Å². The Morgan fingerprint density at radius 2 is 2.00 bits per heavy atom. The molecule has 0 aliphatic heterocycles. The number of aromatic nitrogens is 3. The van der Waals surface area contributed by atoms with Gasteiger partial charge >= 0.3 is 5.69 Å². The number of rotatable bonds is 2. The molecule has 0 spiro atoms. The second-order valence-corrected chi connectivity index (χ2v) is 4.18. The molecule has 6 heteroatoms. The van der Waals surface area contributed by atoms with Crippen molar-refractivity contribution in [2.45, 2.75) is 13.8 Å². The van der Waals surface area contributed by atoms with Crippen molar-refractivity contribution in [3.05, 3.63) is 39.8 Å². The molecule has 3 N–H and O–H groups in total. The number of nitrogen functional groups attached to an aromatic ring is 1. The summed E-state index contributed by atoms with van der Waals surface area (Å²) in [5, 5.41) is 7.08. The number of nitrogens with two attached hydrogens (primary N) is 1. The molecule has 0 amide bonds. The molecule has 1 heterocycles.